The predicted molar refractivity (Wildman–Crippen MR) is 117 cm³/mol. The molecule has 3 rings (SSSR count). The minimum absolute atomic E-state index is 0.0279. The summed E-state index contributed by atoms with van der Waals surface area (Å²) in [5.41, 5.74) is 0.822. The maximum absolute atomic E-state index is 13.1. The van der Waals surface area contributed by atoms with E-state index in [1.165, 1.54) is 19.9 Å². The third-order valence-electron chi connectivity index (χ3n) is 5.44. The maximum atomic E-state index is 13.1. The van der Waals surface area contributed by atoms with Crippen molar-refractivity contribution in [2.24, 2.45) is 13.0 Å². The standard InChI is InChI=1S/C20H30N6O5S/c1-6-25-12-16(18(23-25)20(28)31-13(2)3)22-19(27)15-8-7-9-26(11-15)32(29,30)17-10-21-24(5)14(17)4/h10,12-13,15H,6-9,11H2,1-5H3,(H,22,27)/t15-/m0/s1. The molecule has 11 nitrogen and oxygen atoms in total. The summed E-state index contributed by atoms with van der Waals surface area (Å²) < 4.78 is 35.8. The van der Waals surface area contributed by atoms with E-state index in [4.69, 9.17) is 4.74 Å². The minimum atomic E-state index is -3.77. The molecule has 0 bridgehead atoms. The molecule has 0 spiro atoms. The molecule has 0 saturated carbocycles. The van der Waals surface area contributed by atoms with E-state index in [1.807, 2.05) is 6.92 Å². The van der Waals surface area contributed by atoms with Crippen LogP contribution in [0.3, 0.4) is 0 Å². The van der Waals surface area contributed by atoms with Crippen molar-refractivity contribution in [3.63, 3.8) is 0 Å². The second-order valence-electron chi connectivity index (χ2n) is 8.11. The van der Waals surface area contributed by atoms with E-state index in [0.717, 1.165) is 0 Å². The van der Waals surface area contributed by atoms with Crippen LogP contribution in [0.15, 0.2) is 17.3 Å². The molecule has 3 heterocycles. The van der Waals surface area contributed by atoms with Crippen molar-refractivity contribution < 1.29 is 22.7 Å². The molecule has 176 valence electrons. The van der Waals surface area contributed by atoms with Gasteiger partial charge in [-0.25, -0.2) is 13.2 Å². The van der Waals surface area contributed by atoms with Gasteiger partial charge in [0.15, 0.2) is 5.69 Å². The van der Waals surface area contributed by atoms with E-state index >= 15 is 0 Å². The molecule has 32 heavy (non-hydrogen) atoms. The number of aromatic nitrogens is 4. The molecule has 0 unspecified atom stereocenters. The van der Waals surface area contributed by atoms with Gasteiger partial charge in [0.05, 0.1) is 29.6 Å². The number of carbonyl (C=O) groups excluding carboxylic acids is 2. The number of nitrogens with one attached hydrogen (secondary N) is 1. The van der Waals surface area contributed by atoms with Crippen molar-refractivity contribution in [3.8, 4) is 0 Å². The first-order chi connectivity index (χ1) is 15.0. The molecule has 0 radical (unpaired) electrons. The number of ether oxygens (including phenoxy) is 1. The number of piperidine rings is 1. The van der Waals surface area contributed by atoms with Gasteiger partial charge in [-0.15, -0.1) is 0 Å². The lowest BCUT2D eigenvalue weighted by atomic mass is 9.99. The summed E-state index contributed by atoms with van der Waals surface area (Å²) in [6.07, 6.45) is 3.67. The molecular weight excluding hydrogens is 436 g/mol. The molecule has 0 aromatic carbocycles. The van der Waals surface area contributed by atoms with Crippen LogP contribution in [0.25, 0.3) is 0 Å². The Labute approximate surface area is 187 Å². The van der Waals surface area contributed by atoms with Gasteiger partial charge in [0.25, 0.3) is 0 Å². The Balaban J connectivity index is 1.77. The lowest BCUT2D eigenvalue weighted by molar-refractivity contribution is -0.120. The number of rotatable bonds is 7. The highest BCUT2D eigenvalue weighted by atomic mass is 32.2. The van der Waals surface area contributed by atoms with Crippen molar-refractivity contribution in [2.75, 3.05) is 18.4 Å². The SMILES string of the molecule is CCn1cc(NC(=O)[C@H]2CCCN(S(=O)(=O)c3cnn(C)c3C)C2)c(C(=O)OC(C)C)n1. The quantitative estimate of drug-likeness (QED) is 0.613. The first kappa shape index (κ1) is 23.9. The van der Waals surface area contributed by atoms with Gasteiger partial charge in [-0.3, -0.25) is 14.2 Å². The normalized spacial score (nSPS) is 17.5. The number of carbonyl (C=O) groups is 2. The monoisotopic (exact) mass is 466 g/mol. The Morgan fingerprint density at radius 3 is 2.66 bits per heavy atom. The van der Waals surface area contributed by atoms with Crippen molar-refractivity contribution in [3.05, 3.63) is 23.8 Å². The van der Waals surface area contributed by atoms with Gasteiger partial charge >= 0.3 is 5.97 Å². The van der Waals surface area contributed by atoms with Crippen LogP contribution in [0.1, 0.15) is 49.8 Å². The summed E-state index contributed by atoms with van der Waals surface area (Å²) in [6.45, 7) is 7.91. The molecule has 1 atom stereocenters. The van der Waals surface area contributed by atoms with Gasteiger partial charge in [-0.2, -0.15) is 14.5 Å². The number of aryl methyl sites for hydroxylation is 2. The predicted octanol–water partition coefficient (Wildman–Crippen LogP) is 1.55. The Morgan fingerprint density at radius 2 is 2.06 bits per heavy atom. The molecule has 12 heteroatoms. The molecule has 1 saturated heterocycles. The van der Waals surface area contributed by atoms with Crippen LogP contribution >= 0.6 is 0 Å². The van der Waals surface area contributed by atoms with Crippen molar-refractivity contribution in [2.45, 2.75) is 58.1 Å². The smallest absolute Gasteiger partial charge is 0.361 e. The van der Waals surface area contributed by atoms with E-state index < -0.39 is 21.9 Å². The number of amides is 1. The van der Waals surface area contributed by atoms with Gasteiger partial charge < -0.3 is 10.1 Å². The summed E-state index contributed by atoms with van der Waals surface area (Å²) in [5.74, 6) is -1.54. The number of sulfonamides is 1. The van der Waals surface area contributed by atoms with Crippen LogP contribution in [-0.4, -0.2) is 63.4 Å². The number of hydrogen-bond acceptors (Lipinski definition) is 7. The molecule has 1 aliphatic rings. The first-order valence-electron chi connectivity index (χ1n) is 10.6. The number of hydrogen-bond donors (Lipinski definition) is 1. The molecule has 1 fully saturated rings. The van der Waals surface area contributed by atoms with Crippen LogP contribution < -0.4 is 5.32 Å². The van der Waals surface area contributed by atoms with E-state index in [2.05, 4.69) is 15.5 Å². The van der Waals surface area contributed by atoms with Gasteiger partial charge in [-0.1, -0.05) is 0 Å². The minimum Gasteiger partial charge on any atom is -0.458 e. The highest BCUT2D eigenvalue weighted by molar-refractivity contribution is 7.89. The third-order valence-corrected chi connectivity index (χ3v) is 7.41. The van der Waals surface area contributed by atoms with Gasteiger partial charge in [-0.05, 0) is 40.5 Å². The topological polar surface area (TPSA) is 128 Å². The Kier molecular flexibility index (Phi) is 7.03. The lowest BCUT2D eigenvalue weighted by Crippen LogP contribution is -2.43. The summed E-state index contributed by atoms with van der Waals surface area (Å²) in [7, 11) is -2.09. The third kappa shape index (κ3) is 4.85. The Morgan fingerprint density at radius 1 is 1.34 bits per heavy atom. The summed E-state index contributed by atoms with van der Waals surface area (Å²) >= 11 is 0. The molecule has 0 aliphatic carbocycles. The Hall–Kier alpha value is -2.73. The van der Waals surface area contributed by atoms with Crippen LogP contribution in [0.2, 0.25) is 0 Å². The zero-order valence-corrected chi connectivity index (χ0v) is 19.8. The van der Waals surface area contributed by atoms with Crippen LogP contribution in [0.5, 0.6) is 0 Å². The number of nitrogens with zero attached hydrogens (tertiary/aromatic N) is 5. The molecule has 2 aromatic rings. The zero-order chi connectivity index (χ0) is 23.6. The number of esters is 1. The summed E-state index contributed by atoms with van der Waals surface area (Å²) in [5, 5.41) is 11.0. The average Bonchev–Trinajstić information content (AvgIpc) is 3.31. The van der Waals surface area contributed by atoms with Gasteiger partial charge in [0, 0.05) is 32.9 Å². The summed E-state index contributed by atoms with van der Waals surface area (Å²) in [6, 6.07) is 0. The lowest BCUT2D eigenvalue weighted by Gasteiger charge is -2.31. The summed E-state index contributed by atoms with van der Waals surface area (Å²) in [4.78, 5) is 25.5. The van der Waals surface area contributed by atoms with E-state index in [1.54, 1.807) is 34.0 Å². The van der Waals surface area contributed by atoms with Crippen molar-refractivity contribution in [1.82, 2.24) is 23.9 Å². The second kappa shape index (κ2) is 9.41. The average molecular weight is 467 g/mol. The van der Waals surface area contributed by atoms with E-state index in [-0.39, 0.29) is 34.8 Å². The highest BCUT2D eigenvalue weighted by Crippen LogP contribution is 2.27. The van der Waals surface area contributed by atoms with Crippen LogP contribution in [0, 0.1) is 12.8 Å². The van der Waals surface area contributed by atoms with Gasteiger partial charge in [0.1, 0.15) is 4.90 Å². The number of anilines is 1. The fraction of sp³-hybridized carbons (Fsp3) is 0.600. The van der Waals surface area contributed by atoms with E-state index in [9.17, 15) is 18.0 Å². The van der Waals surface area contributed by atoms with Crippen LogP contribution in [0.4, 0.5) is 5.69 Å². The van der Waals surface area contributed by atoms with Crippen molar-refractivity contribution in [1.29, 1.82) is 0 Å². The fourth-order valence-corrected chi connectivity index (χ4v) is 5.29. The molecule has 2 aromatic heterocycles. The maximum Gasteiger partial charge on any atom is 0.361 e. The van der Waals surface area contributed by atoms with E-state index in [0.29, 0.717) is 31.6 Å². The largest absolute Gasteiger partial charge is 0.458 e. The second-order valence-corrected chi connectivity index (χ2v) is 10.0. The van der Waals surface area contributed by atoms with Crippen LogP contribution in [-0.2, 0) is 33.1 Å². The molecular formula is C20H30N6O5S. The van der Waals surface area contributed by atoms with Gasteiger partial charge in [0.2, 0.25) is 15.9 Å². The molecule has 1 N–H and O–H groups in total. The first-order valence-corrected chi connectivity index (χ1v) is 12.1. The zero-order valence-electron chi connectivity index (χ0n) is 19.0. The molecule has 1 aliphatic heterocycles. The fourth-order valence-electron chi connectivity index (χ4n) is 3.58. The molecule has 1 amide bonds. The van der Waals surface area contributed by atoms with Crippen molar-refractivity contribution >= 4 is 27.6 Å². The highest BCUT2D eigenvalue weighted by Gasteiger charge is 2.35. The Bertz CT molecular complexity index is 1100.